The number of hydrogen-bond donors (Lipinski definition) is 0. The third-order valence-electron chi connectivity index (χ3n) is 6.48. The second-order valence-electron chi connectivity index (χ2n) is 8.67. The molecule has 0 fully saturated rings. The Morgan fingerprint density at radius 1 is 0.528 bits per heavy atom. The van der Waals surface area contributed by atoms with E-state index in [2.05, 4.69) is 64.6 Å². The number of benzene rings is 5. The number of furan rings is 1. The lowest BCUT2D eigenvalue weighted by atomic mass is 10.0. The van der Waals surface area contributed by atoms with Crippen LogP contribution in [0.25, 0.3) is 66.6 Å². The third kappa shape index (κ3) is 3.51. The Morgan fingerprint density at radius 3 is 2.11 bits per heavy atom. The van der Waals surface area contributed by atoms with E-state index in [1.54, 1.807) is 0 Å². The highest BCUT2D eigenvalue weighted by molar-refractivity contribution is 6.28. The quantitative estimate of drug-likeness (QED) is 0.252. The second kappa shape index (κ2) is 8.29. The molecule has 2 heterocycles. The van der Waals surface area contributed by atoms with Gasteiger partial charge in [-0.05, 0) is 51.7 Å². The average Bonchev–Trinajstić information content (AvgIpc) is 3.31. The van der Waals surface area contributed by atoms with Gasteiger partial charge in [0.25, 0.3) is 0 Å². The van der Waals surface area contributed by atoms with Gasteiger partial charge in [0.2, 0.25) is 5.28 Å². The minimum absolute atomic E-state index is 0.140. The van der Waals surface area contributed by atoms with E-state index < -0.39 is 0 Å². The Hall–Kier alpha value is -4.54. The summed E-state index contributed by atoms with van der Waals surface area (Å²) in [7, 11) is 0. The van der Waals surface area contributed by atoms with Crippen molar-refractivity contribution in [1.82, 2.24) is 15.0 Å². The van der Waals surface area contributed by atoms with Crippen LogP contribution in [0.5, 0.6) is 0 Å². The molecule has 7 rings (SSSR count). The maximum atomic E-state index is 6.37. The highest BCUT2D eigenvalue weighted by atomic mass is 35.5. The molecule has 0 saturated heterocycles. The highest BCUT2D eigenvalue weighted by Gasteiger charge is 2.16. The van der Waals surface area contributed by atoms with Gasteiger partial charge in [0, 0.05) is 16.3 Å². The van der Waals surface area contributed by atoms with Crippen LogP contribution in [0.15, 0.2) is 114 Å². The summed E-state index contributed by atoms with van der Waals surface area (Å²) in [4.78, 5) is 13.6. The number of nitrogens with zero attached hydrogens (tertiary/aromatic N) is 3. The number of halogens is 1. The van der Waals surface area contributed by atoms with Gasteiger partial charge in [-0.1, -0.05) is 91.0 Å². The summed E-state index contributed by atoms with van der Waals surface area (Å²) in [5.41, 5.74) is 5.48. The van der Waals surface area contributed by atoms with Crippen LogP contribution >= 0.6 is 11.6 Å². The molecule has 0 aliphatic rings. The molecule has 0 unspecified atom stereocenters. The SMILES string of the molecule is Clc1nc(-c2ccc(-c3ccc4ccccc4c3)cc2)nc(-c2cccc3c2oc2ccccc23)n1. The van der Waals surface area contributed by atoms with E-state index in [-0.39, 0.29) is 5.28 Å². The largest absolute Gasteiger partial charge is 0.455 e. The molecule has 0 spiro atoms. The first-order valence-electron chi connectivity index (χ1n) is 11.6. The molecule has 0 amide bonds. The van der Waals surface area contributed by atoms with Gasteiger partial charge in [-0.2, -0.15) is 9.97 Å². The van der Waals surface area contributed by atoms with E-state index in [9.17, 15) is 0 Å². The minimum Gasteiger partial charge on any atom is -0.455 e. The van der Waals surface area contributed by atoms with E-state index in [1.165, 1.54) is 10.8 Å². The molecule has 0 aliphatic carbocycles. The van der Waals surface area contributed by atoms with Gasteiger partial charge in [0.15, 0.2) is 11.6 Å². The molecule has 0 N–H and O–H groups in total. The van der Waals surface area contributed by atoms with Crippen LogP contribution in [0, 0.1) is 0 Å². The van der Waals surface area contributed by atoms with Gasteiger partial charge in [0.1, 0.15) is 11.2 Å². The van der Waals surface area contributed by atoms with E-state index in [1.807, 2.05) is 54.6 Å². The van der Waals surface area contributed by atoms with Crippen LogP contribution in [-0.2, 0) is 0 Å². The standard InChI is InChI=1S/C31H18ClN3O/c32-31-34-29(21-15-12-20(13-16-21)23-17-14-19-6-1-2-7-22(19)18-23)33-30(35-31)26-10-5-9-25-24-8-3-4-11-27(24)36-28(25)26/h1-18H. The summed E-state index contributed by atoms with van der Waals surface area (Å²) in [5.74, 6) is 0.997. The molecular formula is C31H18ClN3O. The molecule has 0 aliphatic heterocycles. The van der Waals surface area contributed by atoms with Crippen molar-refractivity contribution in [3.8, 4) is 33.9 Å². The third-order valence-corrected chi connectivity index (χ3v) is 6.65. The van der Waals surface area contributed by atoms with Gasteiger partial charge in [-0.3, -0.25) is 0 Å². The molecule has 7 aromatic rings. The van der Waals surface area contributed by atoms with Gasteiger partial charge < -0.3 is 4.42 Å². The van der Waals surface area contributed by atoms with E-state index in [4.69, 9.17) is 21.0 Å². The molecule has 170 valence electrons. The van der Waals surface area contributed by atoms with Crippen molar-refractivity contribution in [1.29, 1.82) is 0 Å². The first-order valence-corrected chi connectivity index (χ1v) is 12.0. The fourth-order valence-electron chi connectivity index (χ4n) is 4.70. The molecule has 5 aromatic carbocycles. The maximum absolute atomic E-state index is 6.37. The zero-order valence-electron chi connectivity index (χ0n) is 19.0. The van der Waals surface area contributed by atoms with Crippen molar-refractivity contribution in [3.05, 3.63) is 114 Å². The first-order chi connectivity index (χ1) is 17.7. The van der Waals surface area contributed by atoms with Crippen molar-refractivity contribution >= 4 is 44.3 Å². The second-order valence-corrected chi connectivity index (χ2v) is 9.01. The van der Waals surface area contributed by atoms with Crippen molar-refractivity contribution in [2.75, 3.05) is 0 Å². The van der Waals surface area contributed by atoms with Crippen molar-refractivity contribution < 1.29 is 4.42 Å². The molecule has 0 atom stereocenters. The van der Waals surface area contributed by atoms with Gasteiger partial charge >= 0.3 is 0 Å². The molecule has 0 radical (unpaired) electrons. The lowest BCUT2D eigenvalue weighted by Crippen LogP contribution is -1.97. The van der Waals surface area contributed by atoms with Gasteiger partial charge in [-0.15, -0.1) is 0 Å². The lowest BCUT2D eigenvalue weighted by Gasteiger charge is -2.07. The Bertz CT molecular complexity index is 1910. The van der Waals surface area contributed by atoms with Crippen LogP contribution in [-0.4, -0.2) is 15.0 Å². The van der Waals surface area contributed by atoms with Gasteiger partial charge in [-0.25, -0.2) is 4.98 Å². The fourth-order valence-corrected chi connectivity index (χ4v) is 4.86. The average molecular weight is 484 g/mol. The molecule has 36 heavy (non-hydrogen) atoms. The van der Waals surface area contributed by atoms with E-state index in [0.717, 1.165) is 44.2 Å². The number of hydrogen-bond acceptors (Lipinski definition) is 4. The van der Waals surface area contributed by atoms with Crippen LogP contribution in [0.3, 0.4) is 0 Å². The summed E-state index contributed by atoms with van der Waals surface area (Å²) >= 11 is 6.37. The normalized spacial score (nSPS) is 11.5. The van der Waals surface area contributed by atoms with Crippen LogP contribution in [0.4, 0.5) is 0 Å². The summed E-state index contributed by atoms with van der Waals surface area (Å²) in [5, 5.41) is 4.65. The predicted octanol–water partition coefficient (Wildman–Crippen LogP) is 8.58. The number of rotatable bonds is 3. The van der Waals surface area contributed by atoms with Crippen molar-refractivity contribution in [2.45, 2.75) is 0 Å². The zero-order chi connectivity index (χ0) is 24.1. The first kappa shape index (κ1) is 20.8. The van der Waals surface area contributed by atoms with Gasteiger partial charge in [0.05, 0.1) is 5.56 Å². The minimum atomic E-state index is 0.140. The summed E-state index contributed by atoms with van der Waals surface area (Å²) in [6.45, 7) is 0. The summed E-state index contributed by atoms with van der Waals surface area (Å²) in [6.07, 6.45) is 0. The Labute approximate surface area is 211 Å². The van der Waals surface area contributed by atoms with E-state index in [0.29, 0.717) is 11.6 Å². The maximum Gasteiger partial charge on any atom is 0.226 e. The Morgan fingerprint density at radius 2 is 1.22 bits per heavy atom. The molecule has 0 bridgehead atoms. The topological polar surface area (TPSA) is 51.8 Å². The Balaban J connectivity index is 1.29. The molecule has 5 heteroatoms. The number of para-hydroxylation sites is 2. The van der Waals surface area contributed by atoms with Crippen LogP contribution in [0.1, 0.15) is 0 Å². The molecule has 2 aromatic heterocycles. The lowest BCUT2D eigenvalue weighted by molar-refractivity contribution is 0.669. The number of aromatic nitrogens is 3. The van der Waals surface area contributed by atoms with Crippen LogP contribution in [0.2, 0.25) is 5.28 Å². The fraction of sp³-hybridized carbons (Fsp3) is 0. The molecule has 0 saturated carbocycles. The molecular weight excluding hydrogens is 466 g/mol. The summed E-state index contributed by atoms with van der Waals surface area (Å²) in [6, 6.07) is 37.0. The zero-order valence-corrected chi connectivity index (χ0v) is 19.8. The summed E-state index contributed by atoms with van der Waals surface area (Å²) < 4.78 is 6.18. The van der Waals surface area contributed by atoms with Crippen LogP contribution < -0.4 is 0 Å². The monoisotopic (exact) mass is 483 g/mol. The Kier molecular flexibility index (Phi) is 4.79. The molecule has 4 nitrogen and oxygen atoms in total. The number of fused-ring (bicyclic) bond motifs is 4. The van der Waals surface area contributed by atoms with Crippen molar-refractivity contribution in [3.63, 3.8) is 0 Å². The highest BCUT2D eigenvalue weighted by Crippen LogP contribution is 2.35. The predicted molar refractivity (Wildman–Crippen MR) is 146 cm³/mol. The van der Waals surface area contributed by atoms with Crippen molar-refractivity contribution in [2.24, 2.45) is 0 Å². The van der Waals surface area contributed by atoms with E-state index >= 15 is 0 Å². The smallest absolute Gasteiger partial charge is 0.226 e.